The van der Waals surface area contributed by atoms with Crippen LogP contribution in [0.2, 0.25) is 0 Å². The quantitative estimate of drug-likeness (QED) is 0.139. The number of carboxylic acids is 1. The second kappa shape index (κ2) is 16.1. The Morgan fingerprint density at radius 3 is 2.31 bits per heavy atom. The number of benzene rings is 1. The van der Waals surface area contributed by atoms with Gasteiger partial charge >= 0.3 is 5.97 Å². The highest BCUT2D eigenvalue weighted by molar-refractivity contribution is 7.98. The second-order valence-electron chi connectivity index (χ2n) is 9.93. The molecule has 0 aliphatic carbocycles. The zero-order valence-corrected chi connectivity index (χ0v) is 23.7. The third kappa shape index (κ3) is 9.86. The molecule has 39 heavy (non-hydrogen) atoms. The number of carboxylic acid groups (broad SMARTS) is 1. The number of hydrogen-bond donors (Lipinski definition) is 7. The average molecular weight is 563 g/mol. The number of aromatic nitrogens is 1. The van der Waals surface area contributed by atoms with E-state index in [1.807, 2.05) is 36.7 Å². The van der Waals surface area contributed by atoms with Crippen molar-refractivity contribution in [1.29, 1.82) is 0 Å². The van der Waals surface area contributed by atoms with Gasteiger partial charge in [-0.15, -0.1) is 0 Å². The first-order valence-corrected chi connectivity index (χ1v) is 14.6. The molecule has 2 aromatic rings. The lowest BCUT2D eigenvalue weighted by molar-refractivity contribution is -0.142. The zero-order chi connectivity index (χ0) is 28.9. The fraction of sp³-hybridized carbons (Fsp3) is 0.556. The van der Waals surface area contributed by atoms with Gasteiger partial charge in [0.1, 0.15) is 18.1 Å². The van der Waals surface area contributed by atoms with Gasteiger partial charge < -0.3 is 37.5 Å². The number of hydrogen-bond acceptors (Lipinski definition) is 7. The summed E-state index contributed by atoms with van der Waals surface area (Å²) in [4.78, 5) is 54.1. The number of carbonyl (C=O) groups excluding carboxylic acids is 3. The van der Waals surface area contributed by atoms with E-state index >= 15 is 0 Å². The summed E-state index contributed by atoms with van der Waals surface area (Å²) in [5, 5.41) is 18.5. The van der Waals surface area contributed by atoms with Crippen LogP contribution in [0, 0.1) is 5.92 Å². The molecule has 1 aromatic carbocycles. The molecular weight excluding hydrogens is 520 g/mol. The smallest absolute Gasteiger partial charge is 0.326 e. The van der Waals surface area contributed by atoms with Crippen LogP contribution in [-0.4, -0.2) is 76.5 Å². The first-order chi connectivity index (χ1) is 18.6. The number of carbonyl (C=O) groups is 4. The Bertz CT molecular complexity index is 1110. The molecule has 4 unspecified atom stereocenters. The Kier molecular flexibility index (Phi) is 13.3. The van der Waals surface area contributed by atoms with E-state index in [0.717, 1.165) is 16.5 Å². The maximum absolute atomic E-state index is 13.3. The summed E-state index contributed by atoms with van der Waals surface area (Å²) < 4.78 is 0. The van der Waals surface area contributed by atoms with Gasteiger partial charge in [-0.05, 0) is 68.2 Å². The minimum atomic E-state index is -1.14. The molecule has 1 heterocycles. The third-order valence-corrected chi connectivity index (χ3v) is 7.15. The fourth-order valence-corrected chi connectivity index (χ4v) is 4.69. The molecule has 3 amide bonds. The number of nitrogens with one attached hydrogen (secondary N) is 4. The number of fused-ring (bicyclic) bond motifs is 1. The largest absolute Gasteiger partial charge is 0.480 e. The van der Waals surface area contributed by atoms with E-state index in [2.05, 4.69) is 20.9 Å². The van der Waals surface area contributed by atoms with Crippen LogP contribution < -0.4 is 27.4 Å². The van der Waals surface area contributed by atoms with Crippen molar-refractivity contribution in [2.75, 3.05) is 18.6 Å². The van der Waals surface area contributed by atoms with E-state index in [4.69, 9.17) is 11.5 Å². The molecular formula is C27H42N6O5S. The van der Waals surface area contributed by atoms with Gasteiger partial charge in [0.25, 0.3) is 0 Å². The van der Waals surface area contributed by atoms with Crippen LogP contribution in [0.4, 0.5) is 0 Å². The van der Waals surface area contributed by atoms with Crippen LogP contribution in [0.1, 0.15) is 45.1 Å². The summed E-state index contributed by atoms with van der Waals surface area (Å²) in [6.45, 7) is 3.94. The standard InChI is InChI=1S/C27H42N6O5S/c1-16(2)23(26(36)32-22(27(37)38)11-13-39-3)33-25(35)21(10-6-7-12-28)31-24(34)19(29)14-17-15-30-20-9-5-4-8-18(17)20/h4-5,8-9,15-16,19,21-23,30H,6-7,10-14,28-29H2,1-3H3,(H,31,34)(H,32,36)(H,33,35)(H,37,38). The first-order valence-electron chi connectivity index (χ1n) is 13.2. The lowest BCUT2D eigenvalue weighted by atomic mass is 10.0. The highest BCUT2D eigenvalue weighted by atomic mass is 32.2. The molecule has 0 aliphatic heterocycles. The van der Waals surface area contributed by atoms with E-state index in [-0.39, 0.29) is 18.8 Å². The fourth-order valence-electron chi connectivity index (χ4n) is 4.21. The van der Waals surface area contributed by atoms with Gasteiger partial charge in [-0.25, -0.2) is 4.79 Å². The Hall–Kier alpha value is -3.09. The van der Waals surface area contributed by atoms with Gasteiger partial charge in [0, 0.05) is 17.1 Å². The number of nitrogens with two attached hydrogens (primary N) is 2. The van der Waals surface area contributed by atoms with Crippen molar-refractivity contribution >= 4 is 46.4 Å². The van der Waals surface area contributed by atoms with Crippen LogP contribution in [0.5, 0.6) is 0 Å². The monoisotopic (exact) mass is 562 g/mol. The van der Waals surface area contributed by atoms with Crippen LogP contribution in [0.25, 0.3) is 10.9 Å². The number of para-hydroxylation sites is 1. The summed E-state index contributed by atoms with van der Waals surface area (Å²) >= 11 is 1.48. The van der Waals surface area contributed by atoms with E-state index in [0.29, 0.717) is 31.6 Å². The summed E-state index contributed by atoms with van der Waals surface area (Å²) in [6, 6.07) is 3.83. The number of rotatable bonds is 17. The number of thioether (sulfide) groups is 1. The summed E-state index contributed by atoms with van der Waals surface area (Å²) in [5.74, 6) is -2.51. The summed E-state index contributed by atoms with van der Waals surface area (Å²) in [7, 11) is 0. The average Bonchev–Trinajstić information content (AvgIpc) is 3.31. The minimum Gasteiger partial charge on any atom is -0.480 e. The van der Waals surface area contributed by atoms with Gasteiger partial charge in [0.05, 0.1) is 6.04 Å². The van der Waals surface area contributed by atoms with E-state index in [1.54, 1.807) is 13.8 Å². The Labute approximate surface area is 233 Å². The zero-order valence-electron chi connectivity index (χ0n) is 22.9. The molecule has 0 fully saturated rings. The van der Waals surface area contributed by atoms with E-state index in [9.17, 15) is 24.3 Å². The molecule has 0 bridgehead atoms. The van der Waals surface area contributed by atoms with Gasteiger partial charge in [-0.1, -0.05) is 32.0 Å². The van der Waals surface area contributed by atoms with Gasteiger partial charge in [-0.3, -0.25) is 14.4 Å². The maximum Gasteiger partial charge on any atom is 0.326 e. The number of aliphatic carboxylic acids is 1. The first kappa shape index (κ1) is 32.1. The maximum atomic E-state index is 13.3. The van der Waals surface area contributed by atoms with Crippen molar-refractivity contribution in [3.8, 4) is 0 Å². The summed E-state index contributed by atoms with van der Waals surface area (Å²) in [5.41, 5.74) is 13.7. The number of H-pyrrole nitrogens is 1. The van der Waals surface area contributed by atoms with Gasteiger partial charge in [-0.2, -0.15) is 11.8 Å². The lowest BCUT2D eigenvalue weighted by Crippen LogP contribution is -2.58. The third-order valence-electron chi connectivity index (χ3n) is 6.50. The minimum absolute atomic E-state index is 0.257. The van der Waals surface area contributed by atoms with Crippen LogP contribution in [0.15, 0.2) is 30.5 Å². The van der Waals surface area contributed by atoms with E-state index in [1.165, 1.54) is 11.8 Å². The molecule has 4 atom stereocenters. The van der Waals surface area contributed by atoms with Crippen molar-refractivity contribution in [3.05, 3.63) is 36.0 Å². The Morgan fingerprint density at radius 2 is 1.67 bits per heavy atom. The molecule has 2 rings (SSSR count). The molecule has 1 aromatic heterocycles. The van der Waals surface area contributed by atoms with Crippen molar-refractivity contribution in [2.24, 2.45) is 17.4 Å². The Morgan fingerprint density at radius 1 is 0.974 bits per heavy atom. The molecule has 0 aliphatic rings. The molecule has 216 valence electrons. The highest BCUT2D eigenvalue weighted by Crippen LogP contribution is 2.19. The van der Waals surface area contributed by atoms with Crippen LogP contribution >= 0.6 is 11.8 Å². The van der Waals surface area contributed by atoms with Crippen LogP contribution in [0.3, 0.4) is 0 Å². The normalized spacial score (nSPS) is 14.4. The predicted molar refractivity (Wildman–Crippen MR) is 154 cm³/mol. The van der Waals surface area contributed by atoms with E-state index < -0.39 is 47.9 Å². The second-order valence-corrected chi connectivity index (χ2v) is 10.9. The number of unbranched alkanes of at least 4 members (excludes halogenated alkanes) is 1. The predicted octanol–water partition coefficient (Wildman–Crippen LogP) is 1.11. The topological polar surface area (TPSA) is 192 Å². The Balaban J connectivity index is 2.10. The molecule has 11 nitrogen and oxygen atoms in total. The highest BCUT2D eigenvalue weighted by Gasteiger charge is 2.31. The molecule has 9 N–H and O–H groups in total. The van der Waals surface area contributed by atoms with Crippen molar-refractivity contribution in [2.45, 2.75) is 70.1 Å². The summed E-state index contributed by atoms with van der Waals surface area (Å²) in [6.07, 6.45) is 5.75. The van der Waals surface area contributed by atoms with Crippen molar-refractivity contribution < 1.29 is 24.3 Å². The molecule has 0 saturated carbocycles. The lowest BCUT2D eigenvalue weighted by Gasteiger charge is -2.27. The molecule has 0 radical (unpaired) electrons. The molecule has 0 saturated heterocycles. The molecule has 0 spiro atoms. The number of aromatic amines is 1. The van der Waals surface area contributed by atoms with Crippen molar-refractivity contribution in [1.82, 2.24) is 20.9 Å². The number of amides is 3. The SMILES string of the molecule is CSCCC(NC(=O)C(NC(=O)C(CCCCN)NC(=O)C(N)Cc1c[nH]c2ccccc12)C(C)C)C(=O)O. The van der Waals surface area contributed by atoms with Gasteiger partial charge in [0.15, 0.2) is 0 Å². The van der Waals surface area contributed by atoms with Crippen molar-refractivity contribution in [3.63, 3.8) is 0 Å². The van der Waals surface area contributed by atoms with Gasteiger partial charge in [0.2, 0.25) is 17.7 Å². The van der Waals surface area contributed by atoms with Crippen LogP contribution in [-0.2, 0) is 25.6 Å². The molecule has 12 heteroatoms.